The van der Waals surface area contributed by atoms with Crippen LogP contribution in [0.4, 0.5) is 0 Å². The molecule has 0 radical (unpaired) electrons. The number of nitrogens with zero attached hydrogens (tertiary/aromatic N) is 3. The van der Waals surface area contributed by atoms with E-state index in [1.54, 1.807) is 19.2 Å². The van der Waals surface area contributed by atoms with Gasteiger partial charge in [-0.15, -0.1) is 0 Å². The van der Waals surface area contributed by atoms with E-state index in [0.29, 0.717) is 23.0 Å². The standard InChI is InChI=1S/C23H33N5O3/c1-23(2)8-12-27(13-9-23)20(29)15-26-10-6-17(7-11-26)28-19-5-4-16(21(30)24-3)14-18(19)25-22(28)31/h4-5,14,17H,6-13,15H2,1-3H3,(H,24,30)(H,25,31). The number of hydrogen-bond donors (Lipinski definition) is 2. The molecule has 2 N–H and O–H groups in total. The zero-order valence-electron chi connectivity index (χ0n) is 18.7. The maximum Gasteiger partial charge on any atom is 0.326 e. The third-order valence-electron chi connectivity index (χ3n) is 6.96. The van der Waals surface area contributed by atoms with Crippen LogP contribution in [0.25, 0.3) is 11.0 Å². The Morgan fingerprint density at radius 2 is 1.81 bits per heavy atom. The molecular formula is C23H33N5O3. The largest absolute Gasteiger partial charge is 0.355 e. The van der Waals surface area contributed by atoms with Crippen LogP contribution in [0, 0.1) is 5.41 Å². The van der Waals surface area contributed by atoms with Crippen LogP contribution in [0.2, 0.25) is 0 Å². The zero-order valence-corrected chi connectivity index (χ0v) is 18.7. The number of aromatic amines is 1. The van der Waals surface area contributed by atoms with Gasteiger partial charge in [0.2, 0.25) is 5.91 Å². The molecule has 8 heteroatoms. The molecule has 1 aromatic carbocycles. The molecule has 0 spiro atoms. The number of amides is 2. The summed E-state index contributed by atoms with van der Waals surface area (Å²) in [4.78, 5) is 44.3. The molecule has 4 rings (SSSR count). The van der Waals surface area contributed by atoms with Crippen LogP contribution in [0.5, 0.6) is 0 Å². The topological polar surface area (TPSA) is 90.4 Å². The fourth-order valence-corrected chi connectivity index (χ4v) is 4.77. The number of likely N-dealkylation sites (tertiary alicyclic amines) is 2. The smallest absolute Gasteiger partial charge is 0.326 e. The number of benzene rings is 1. The van der Waals surface area contributed by atoms with E-state index in [2.05, 4.69) is 29.0 Å². The molecule has 0 atom stereocenters. The molecule has 0 saturated carbocycles. The lowest BCUT2D eigenvalue weighted by Gasteiger charge is -2.38. The van der Waals surface area contributed by atoms with E-state index in [1.165, 1.54) is 0 Å². The highest BCUT2D eigenvalue weighted by atomic mass is 16.2. The minimum absolute atomic E-state index is 0.0919. The number of hydrogen-bond acceptors (Lipinski definition) is 4. The first kappa shape index (κ1) is 21.6. The fraction of sp³-hybridized carbons (Fsp3) is 0.609. The van der Waals surface area contributed by atoms with Crippen molar-refractivity contribution in [2.75, 3.05) is 39.8 Å². The molecule has 31 heavy (non-hydrogen) atoms. The van der Waals surface area contributed by atoms with Crippen molar-refractivity contribution in [2.24, 2.45) is 5.41 Å². The molecule has 2 saturated heterocycles. The van der Waals surface area contributed by atoms with Crippen molar-refractivity contribution < 1.29 is 9.59 Å². The third-order valence-corrected chi connectivity index (χ3v) is 6.96. The number of imidazole rings is 1. The Morgan fingerprint density at radius 3 is 2.45 bits per heavy atom. The van der Waals surface area contributed by atoms with Crippen molar-refractivity contribution in [3.8, 4) is 0 Å². The van der Waals surface area contributed by atoms with Crippen LogP contribution in [0.15, 0.2) is 23.0 Å². The summed E-state index contributed by atoms with van der Waals surface area (Å²) in [5.41, 5.74) is 2.22. The number of nitrogens with one attached hydrogen (secondary N) is 2. The second kappa shape index (κ2) is 8.49. The summed E-state index contributed by atoms with van der Waals surface area (Å²) in [7, 11) is 1.59. The number of piperidine rings is 2. The van der Waals surface area contributed by atoms with Crippen molar-refractivity contribution in [1.29, 1.82) is 0 Å². The van der Waals surface area contributed by atoms with E-state index < -0.39 is 0 Å². The highest BCUT2D eigenvalue weighted by molar-refractivity contribution is 5.97. The molecule has 2 aliphatic heterocycles. The quantitative estimate of drug-likeness (QED) is 0.781. The lowest BCUT2D eigenvalue weighted by Crippen LogP contribution is -2.47. The summed E-state index contributed by atoms with van der Waals surface area (Å²) in [6, 6.07) is 5.40. The second-order valence-corrected chi connectivity index (χ2v) is 9.66. The Morgan fingerprint density at radius 1 is 1.13 bits per heavy atom. The summed E-state index contributed by atoms with van der Waals surface area (Å²) >= 11 is 0. The third kappa shape index (κ3) is 4.54. The van der Waals surface area contributed by atoms with Crippen LogP contribution < -0.4 is 11.0 Å². The lowest BCUT2D eigenvalue weighted by atomic mass is 9.82. The van der Waals surface area contributed by atoms with Gasteiger partial charge in [-0.05, 0) is 49.3 Å². The van der Waals surface area contributed by atoms with Gasteiger partial charge in [0.1, 0.15) is 0 Å². The van der Waals surface area contributed by atoms with Gasteiger partial charge in [-0.25, -0.2) is 4.79 Å². The van der Waals surface area contributed by atoms with Gasteiger partial charge >= 0.3 is 5.69 Å². The predicted molar refractivity (Wildman–Crippen MR) is 120 cm³/mol. The average Bonchev–Trinajstić information content (AvgIpc) is 3.08. The van der Waals surface area contributed by atoms with E-state index in [4.69, 9.17) is 0 Å². The van der Waals surface area contributed by atoms with E-state index in [-0.39, 0.29) is 23.5 Å². The maximum absolute atomic E-state index is 12.7. The predicted octanol–water partition coefficient (Wildman–Crippen LogP) is 1.97. The molecule has 2 aromatic rings. The molecule has 3 heterocycles. The van der Waals surface area contributed by atoms with Crippen LogP contribution in [0.3, 0.4) is 0 Å². The molecule has 8 nitrogen and oxygen atoms in total. The monoisotopic (exact) mass is 427 g/mol. The number of carbonyl (C=O) groups excluding carboxylic acids is 2. The Kier molecular flexibility index (Phi) is 5.92. The first-order valence-corrected chi connectivity index (χ1v) is 11.2. The van der Waals surface area contributed by atoms with Gasteiger partial charge in [0.15, 0.2) is 0 Å². The molecule has 2 amide bonds. The zero-order chi connectivity index (χ0) is 22.2. The minimum atomic E-state index is -0.175. The SMILES string of the molecule is CNC(=O)c1ccc2c(c1)[nH]c(=O)n2C1CCN(CC(=O)N2CCC(C)(C)CC2)CC1. The van der Waals surface area contributed by atoms with Crippen LogP contribution in [-0.2, 0) is 4.79 Å². The number of aromatic nitrogens is 2. The van der Waals surface area contributed by atoms with Gasteiger partial charge in [-0.2, -0.15) is 0 Å². The Bertz CT molecular complexity index is 1020. The number of rotatable bonds is 4. The van der Waals surface area contributed by atoms with Gasteiger partial charge in [0, 0.05) is 44.8 Å². The minimum Gasteiger partial charge on any atom is -0.355 e. The molecule has 2 aliphatic rings. The molecular weight excluding hydrogens is 394 g/mol. The van der Waals surface area contributed by atoms with Crippen LogP contribution in [-0.4, -0.2) is 70.9 Å². The molecule has 1 aromatic heterocycles. The Balaban J connectivity index is 1.38. The van der Waals surface area contributed by atoms with Gasteiger partial charge in [0.25, 0.3) is 5.91 Å². The highest BCUT2D eigenvalue weighted by Gasteiger charge is 2.30. The highest BCUT2D eigenvalue weighted by Crippen LogP contribution is 2.30. The molecule has 0 bridgehead atoms. The van der Waals surface area contributed by atoms with Crippen LogP contribution >= 0.6 is 0 Å². The van der Waals surface area contributed by atoms with Gasteiger partial charge in [-0.3, -0.25) is 19.1 Å². The average molecular weight is 428 g/mol. The van der Waals surface area contributed by atoms with Crippen molar-refractivity contribution in [3.63, 3.8) is 0 Å². The van der Waals surface area contributed by atoms with E-state index >= 15 is 0 Å². The van der Waals surface area contributed by atoms with E-state index in [0.717, 1.165) is 57.4 Å². The Hall–Kier alpha value is -2.61. The lowest BCUT2D eigenvalue weighted by molar-refractivity contribution is -0.134. The van der Waals surface area contributed by atoms with Gasteiger partial charge < -0.3 is 15.2 Å². The van der Waals surface area contributed by atoms with Gasteiger partial charge in [-0.1, -0.05) is 13.8 Å². The van der Waals surface area contributed by atoms with Crippen molar-refractivity contribution >= 4 is 22.8 Å². The molecule has 0 unspecified atom stereocenters. The van der Waals surface area contributed by atoms with Gasteiger partial charge in [0.05, 0.1) is 17.6 Å². The molecule has 2 fully saturated rings. The maximum atomic E-state index is 12.7. The molecule has 0 aliphatic carbocycles. The molecule has 168 valence electrons. The summed E-state index contributed by atoms with van der Waals surface area (Å²) in [6.45, 7) is 8.30. The summed E-state index contributed by atoms with van der Waals surface area (Å²) < 4.78 is 1.81. The van der Waals surface area contributed by atoms with Crippen LogP contribution in [0.1, 0.15) is 55.9 Å². The number of fused-ring (bicyclic) bond motifs is 1. The van der Waals surface area contributed by atoms with Crippen molar-refractivity contribution in [3.05, 3.63) is 34.2 Å². The number of carbonyl (C=O) groups is 2. The van der Waals surface area contributed by atoms with E-state index in [9.17, 15) is 14.4 Å². The first-order chi connectivity index (χ1) is 14.8. The van der Waals surface area contributed by atoms with E-state index in [1.807, 2.05) is 15.5 Å². The fourth-order valence-electron chi connectivity index (χ4n) is 4.77. The second-order valence-electron chi connectivity index (χ2n) is 9.66. The number of H-pyrrole nitrogens is 1. The Labute approximate surface area is 182 Å². The summed E-state index contributed by atoms with van der Waals surface area (Å²) in [6.07, 6.45) is 3.77. The first-order valence-electron chi connectivity index (χ1n) is 11.2. The van der Waals surface area contributed by atoms with Crippen molar-refractivity contribution in [1.82, 2.24) is 24.7 Å². The normalized spacial score (nSPS) is 20.2. The summed E-state index contributed by atoms with van der Waals surface area (Å²) in [5, 5.41) is 2.60. The summed E-state index contributed by atoms with van der Waals surface area (Å²) in [5.74, 6) is 0.0469. The van der Waals surface area contributed by atoms with Crippen molar-refractivity contribution in [2.45, 2.75) is 45.6 Å².